The minimum Gasteiger partial charge on any atom is -0.381 e. The van der Waals surface area contributed by atoms with Crippen LogP contribution in [0.5, 0.6) is 0 Å². The van der Waals surface area contributed by atoms with Crippen LogP contribution in [-0.4, -0.2) is 63.2 Å². The SMILES string of the molecule is O=S(=O)(NCC1(N2CCSCC2)CCOCC1)c1ccccc1Cl. The summed E-state index contributed by atoms with van der Waals surface area (Å²) in [6, 6.07) is 6.56. The normalized spacial score (nSPS) is 22.4. The van der Waals surface area contributed by atoms with Crippen molar-refractivity contribution >= 4 is 33.4 Å². The largest absolute Gasteiger partial charge is 0.381 e. The lowest BCUT2D eigenvalue weighted by molar-refractivity contribution is -0.0218. The summed E-state index contributed by atoms with van der Waals surface area (Å²) in [5, 5.41) is 0.250. The number of rotatable bonds is 5. The molecule has 0 bridgehead atoms. The van der Waals surface area contributed by atoms with Gasteiger partial charge in [0, 0.05) is 49.9 Å². The van der Waals surface area contributed by atoms with Crippen LogP contribution in [-0.2, 0) is 14.8 Å². The average Bonchev–Trinajstić information content (AvgIpc) is 2.62. The van der Waals surface area contributed by atoms with Crippen molar-refractivity contribution in [3.8, 4) is 0 Å². The predicted octanol–water partition coefficient (Wildman–Crippen LogP) is 2.22. The predicted molar refractivity (Wildman–Crippen MR) is 98.3 cm³/mol. The van der Waals surface area contributed by atoms with Crippen molar-refractivity contribution in [2.24, 2.45) is 0 Å². The Morgan fingerprint density at radius 2 is 1.88 bits per heavy atom. The van der Waals surface area contributed by atoms with E-state index in [4.69, 9.17) is 16.3 Å². The summed E-state index contributed by atoms with van der Waals surface area (Å²) in [6.07, 6.45) is 1.70. The summed E-state index contributed by atoms with van der Waals surface area (Å²) in [7, 11) is -3.62. The molecule has 0 spiro atoms. The Labute approximate surface area is 153 Å². The molecular weight excluding hydrogens is 368 g/mol. The second-order valence-electron chi connectivity index (χ2n) is 6.19. The van der Waals surface area contributed by atoms with Crippen molar-refractivity contribution in [1.29, 1.82) is 0 Å². The molecule has 2 saturated heterocycles. The number of hydrogen-bond acceptors (Lipinski definition) is 5. The first kappa shape index (κ1) is 18.5. The molecule has 0 amide bonds. The van der Waals surface area contributed by atoms with Gasteiger partial charge in [-0.3, -0.25) is 4.90 Å². The van der Waals surface area contributed by atoms with Gasteiger partial charge < -0.3 is 4.74 Å². The van der Waals surface area contributed by atoms with Crippen molar-refractivity contribution in [3.63, 3.8) is 0 Å². The number of sulfonamides is 1. The number of thioether (sulfide) groups is 1. The summed E-state index contributed by atoms with van der Waals surface area (Å²) in [4.78, 5) is 2.59. The maximum atomic E-state index is 12.7. The molecule has 24 heavy (non-hydrogen) atoms. The average molecular weight is 391 g/mol. The third kappa shape index (κ3) is 4.08. The zero-order valence-corrected chi connectivity index (χ0v) is 15.9. The summed E-state index contributed by atoms with van der Waals surface area (Å²) >= 11 is 8.02. The Morgan fingerprint density at radius 1 is 1.21 bits per heavy atom. The van der Waals surface area contributed by atoms with E-state index in [9.17, 15) is 8.42 Å². The maximum absolute atomic E-state index is 12.7. The molecule has 2 fully saturated rings. The van der Waals surface area contributed by atoms with E-state index in [2.05, 4.69) is 9.62 Å². The van der Waals surface area contributed by atoms with E-state index in [1.54, 1.807) is 24.3 Å². The fraction of sp³-hybridized carbons (Fsp3) is 0.625. The lowest BCUT2D eigenvalue weighted by Crippen LogP contribution is -2.60. The number of nitrogens with one attached hydrogen (secondary N) is 1. The molecule has 5 nitrogen and oxygen atoms in total. The Bertz CT molecular complexity index is 657. The zero-order chi connectivity index (χ0) is 17.0. The molecule has 134 valence electrons. The van der Waals surface area contributed by atoms with Crippen molar-refractivity contribution in [3.05, 3.63) is 29.3 Å². The highest BCUT2D eigenvalue weighted by atomic mass is 35.5. The highest BCUT2D eigenvalue weighted by Crippen LogP contribution is 2.31. The molecule has 0 aliphatic carbocycles. The molecule has 3 rings (SSSR count). The first-order valence-corrected chi connectivity index (χ1v) is 11.2. The van der Waals surface area contributed by atoms with Crippen molar-refractivity contribution < 1.29 is 13.2 Å². The fourth-order valence-electron chi connectivity index (χ4n) is 3.36. The van der Waals surface area contributed by atoms with Gasteiger partial charge in [0.2, 0.25) is 10.0 Å². The van der Waals surface area contributed by atoms with Crippen LogP contribution >= 0.6 is 23.4 Å². The molecule has 2 heterocycles. The Hall–Kier alpha value is -0.310. The van der Waals surface area contributed by atoms with Crippen molar-refractivity contribution in [1.82, 2.24) is 9.62 Å². The van der Waals surface area contributed by atoms with Crippen LogP contribution in [0.25, 0.3) is 0 Å². The van der Waals surface area contributed by atoms with Gasteiger partial charge in [0.1, 0.15) is 4.90 Å². The smallest absolute Gasteiger partial charge is 0.242 e. The van der Waals surface area contributed by atoms with Crippen LogP contribution < -0.4 is 4.72 Å². The number of ether oxygens (including phenoxy) is 1. The third-order valence-electron chi connectivity index (χ3n) is 4.82. The highest BCUT2D eigenvalue weighted by Gasteiger charge is 2.40. The number of hydrogen-bond donors (Lipinski definition) is 1. The van der Waals surface area contributed by atoms with Gasteiger partial charge in [-0.2, -0.15) is 11.8 Å². The third-order valence-corrected chi connectivity index (χ3v) is 7.67. The van der Waals surface area contributed by atoms with E-state index >= 15 is 0 Å². The number of benzene rings is 1. The lowest BCUT2D eigenvalue weighted by Gasteiger charge is -2.48. The molecule has 0 radical (unpaired) electrons. The quantitative estimate of drug-likeness (QED) is 0.835. The van der Waals surface area contributed by atoms with Crippen LogP contribution in [0.4, 0.5) is 0 Å². The molecular formula is C16H23ClN2O3S2. The van der Waals surface area contributed by atoms with Gasteiger partial charge in [0.25, 0.3) is 0 Å². The molecule has 2 aliphatic rings. The molecule has 0 atom stereocenters. The summed E-state index contributed by atoms with van der Waals surface area (Å²) in [5.74, 6) is 2.19. The number of halogens is 1. The summed E-state index contributed by atoms with van der Waals surface area (Å²) in [6.45, 7) is 3.75. The minimum absolute atomic E-state index is 0.142. The van der Waals surface area contributed by atoms with Gasteiger partial charge in [-0.25, -0.2) is 13.1 Å². The molecule has 1 N–H and O–H groups in total. The molecule has 1 aromatic rings. The van der Waals surface area contributed by atoms with E-state index < -0.39 is 10.0 Å². The Balaban J connectivity index is 1.77. The lowest BCUT2D eigenvalue weighted by atomic mass is 9.88. The van der Waals surface area contributed by atoms with Gasteiger partial charge in [0.15, 0.2) is 0 Å². The minimum atomic E-state index is -3.62. The van der Waals surface area contributed by atoms with Gasteiger partial charge in [0.05, 0.1) is 5.02 Å². The Morgan fingerprint density at radius 3 is 2.54 bits per heavy atom. The highest BCUT2D eigenvalue weighted by molar-refractivity contribution is 7.99. The van der Waals surface area contributed by atoms with Gasteiger partial charge in [-0.15, -0.1) is 0 Å². The van der Waals surface area contributed by atoms with Gasteiger partial charge >= 0.3 is 0 Å². The molecule has 8 heteroatoms. The zero-order valence-electron chi connectivity index (χ0n) is 13.5. The summed E-state index contributed by atoms with van der Waals surface area (Å²) < 4.78 is 33.7. The van der Waals surface area contributed by atoms with Crippen molar-refractivity contribution in [2.45, 2.75) is 23.3 Å². The Kier molecular flexibility index (Phi) is 6.11. The first-order chi connectivity index (χ1) is 11.5. The number of nitrogens with zero attached hydrogens (tertiary/aromatic N) is 1. The van der Waals surface area contributed by atoms with Gasteiger partial charge in [-0.1, -0.05) is 23.7 Å². The molecule has 2 aliphatic heterocycles. The summed E-state index contributed by atoms with van der Waals surface area (Å²) in [5.41, 5.74) is -0.159. The van der Waals surface area contributed by atoms with Gasteiger partial charge in [-0.05, 0) is 25.0 Å². The van der Waals surface area contributed by atoms with Crippen LogP contribution in [0.2, 0.25) is 5.02 Å². The molecule has 0 unspecified atom stereocenters. The van der Waals surface area contributed by atoms with E-state index in [0.29, 0.717) is 19.8 Å². The first-order valence-electron chi connectivity index (χ1n) is 8.18. The van der Waals surface area contributed by atoms with E-state index in [1.807, 2.05) is 11.8 Å². The maximum Gasteiger partial charge on any atom is 0.242 e. The van der Waals surface area contributed by atoms with Crippen LogP contribution in [0.1, 0.15) is 12.8 Å². The monoisotopic (exact) mass is 390 g/mol. The molecule has 0 aromatic heterocycles. The molecule has 0 saturated carbocycles. The fourth-order valence-corrected chi connectivity index (χ4v) is 5.90. The van der Waals surface area contributed by atoms with Crippen LogP contribution in [0.3, 0.4) is 0 Å². The van der Waals surface area contributed by atoms with Crippen LogP contribution in [0, 0.1) is 0 Å². The van der Waals surface area contributed by atoms with E-state index in [-0.39, 0.29) is 15.5 Å². The van der Waals surface area contributed by atoms with E-state index in [1.165, 1.54) is 0 Å². The second-order valence-corrected chi connectivity index (χ2v) is 9.56. The van der Waals surface area contributed by atoms with E-state index in [0.717, 1.165) is 37.4 Å². The van der Waals surface area contributed by atoms with Crippen molar-refractivity contribution in [2.75, 3.05) is 44.4 Å². The molecule has 1 aromatic carbocycles. The second kappa shape index (κ2) is 7.93. The topological polar surface area (TPSA) is 58.6 Å². The van der Waals surface area contributed by atoms with Crippen LogP contribution in [0.15, 0.2) is 29.2 Å². The standard InChI is InChI=1S/C16H23ClN2O3S2/c17-14-3-1-2-4-15(14)24(20,21)18-13-16(5-9-22-10-6-16)19-7-11-23-12-8-19/h1-4,18H,5-13H2.